The smallest absolute Gasteiger partial charge is 0.330 e. The monoisotopic (exact) mass is 284 g/mol. The van der Waals surface area contributed by atoms with Crippen LogP contribution in [0, 0.1) is 0 Å². The van der Waals surface area contributed by atoms with E-state index in [2.05, 4.69) is 34.8 Å². The first-order valence-corrected chi connectivity index (χ1v) is 7.57. The molecule has 0 aromatic carbocycles. The summed E-state index contributed by atoms with van der Waals surface area (Å²) < 4.78 is 7.02. The molecule has 2 heterocycles. The zero-order valence-corrected chi connectivity index (χ0v) is 12.5. The lowest BCUT2D eigenvalue weighted by atomic mass is 10.1. The molecular weight excluding hydrogens is 264 g/mol. The van der Waals surface area contributed by atoms with Gasteiger partial charge in [-0.1, -0.05) is 6.92 Å². The van der Waals surface area contributed by atoms with E-state index in [1.807, 2.05) is 6.08 Å². The van der Waals surface area contributed by atoms with Gasteiger partial charge in [0, 0.05) is 24.0 Å². The third-order valence-electron chi connectivity index (χ3n) is 3.75. The number of carbonyl (C=O) groups is 1. The first-order chi connectivity index (χ1) is 10.2. The molecule has 0 saturated heterocycles. The minimum atomic E-state index is -0.310. The highest BCUT2D eigenvalue weighted by Crippen LogP contribution is 2.40. The standard InChI is InChI=1S/C17H20N2O2/c1-3-15-11-19-10-14(12-5-6-12)9-13(17(19)18-15)7-8-16(20)21-4-2/h7-12H,3-6H2,1-2H3/b8-7+. The molecule has 0 spiro atoms. The van der Waals surface area contributed by atoms with Crippen molar-refractivity contribution >= 4 is 17.7 Å². The average molecular weight is 284 g/mol. The number of esters is 1. The Morgan fingerprint density at radius 2 is 2.24 bits per heavy atom. The number of aryl methyl sites for hydroxylation is 1. The molecule has 0 N–H and O–H groups in total. The van der Waals surface area contributed by atoms with E-state index in [-0.39, 0.29) is 5.97 Å². The predicted molar refractivity (Wildman–Crippen MR) is 82.2 cm³/mol. The summed E-state index contributed by atoms with van der Waals surface area (Å²) in [6.45, 7) is 4.29. The Bertz CT molecular complexity index is 696. The summed E-state index contributed by atoms with van der Waals surface area (Å²) in [5, 5.41) is 0. The number of carbonyl (C=O) groups excluding carboxylic acids is 1. The second kappa shape index (κ2) is 5.72. The lowest BCUT2D eigenvalue weighted by Crippen LogP contribution is -1.99. The van der Waals surface area contributed by atoms with Gasteiger partial charge in [0.15, 0.2) is 0 Å². The number of pyridine rings is 1. The van der Waals surface area contributed by atoms with Gasteiger partial charge in [-0.2, -0.15) is 0 Å². The number of hydrogen-bond acceptors (Lipinski definition) is 3. The van der Waals surface area contributed by atoms with Crippen molar-refractivity contribution in [3.8, 4) is 0 Å². The summed E-state index contributed by atoms with van der Waals surface area (Å²) in [5.41, 5.74) is 4.27. The number of fused-ring (bicyclic) bond motifs is 1. The summed E-state index contributed by atoms with van der Waals surface area (Å²) in [5.74, 6) is 0.353. The minimum absolute atomic E-state index is 0.310. The lowest BCUT2D eigenvalue weighted by Gasteiger charge is -2.04. The Hall–Kier alpha value is -2.10. The van der Waals surface area contributed by atoms with Gasteiger partial charge in [-0.05, 0) is 49.8 Å². The van der Waals surface area contributed by atoms with E-state index in [0.717, 1.165) is 23.3 Å². The molecule has 1 aliphatic carbocycles. The Morgan fingerprint density at radius 3 is 2.90 bits per heavy atom. The number of imidazole rings is 1. The number of rotatable bonds is 5. The van der Waals surface area contributed by atoms with Gasteiger partial charge in [-0.3, -0.25) is 0 Å². The highest BCUT2D eigenvalue weighted by Gasteiger charge is 2.24. The van der Waals surface area contributed by atoms with Crippen LogP contribution in [0.4, 0.5) is 0 Å². The van der Waals surface area contributed by atoms with Crippen molar-refractivity contribution in [1.82, 2.24) is 9.38 Å². The SMILES string of the molecule is CCOC(=O)/C=C/c1cc(C2CC2)cn2cc(CC)nc12. The van der Waals surface area contributed by atoms with Crippen LogP contribution in [-0.4, -0.2) is 22.0 Å². The summed E-state index contributed by atoms with van der Waals surface area (Å²) in [7, 11) is 0. The van der Waals surface area contributed by atoms with Crippen molar-refractivity contribution in [1.29, 1.82) is 0 Å². The molecule has 0 radical (unpaired) electrons. The third kappa shape index (κ3) is 2.99. The second-order valence-corrected chi connectivity index (χ2v) is 5.41. The molecule has 4 nitrogen and oxygen atoms in total. The van der Waals surface area contributed by atoms with E-state index < -0.39 is 0 Å². The van der Waals surface area contributed by atoms with Crippen molar-refractivity contribution in [2.45, 2.75) is 39.0 Å². The maximum Gasteiger partial charge on any atom is 0.330 e. The normalized spacial score (nSPS) is 15.0. The van der Waals surface area contributed by atoms with Crippen LogP contribution in [0.3, 0.4) is 0 Å². The van der Waals surface area contributed by atoms with E-state index in [1.54, 1.807) is 6.92 Å². The summed E-state index contributed by atoms with van der Waals surface area (Å²) in [6.07, 6.45) is 10.9. The fourth-order valence-corrected chi connectivity index (χ4v) is 2.48. The molecule has 110 valence electrons. The molecule has 0 aliphatic heterocycles. The van der Waals surface area contributed by atoms with Crippen molar-refractivity contribution in [3.05, 3.63) is 41.4 Å². The fraction of sp³-hybridized carbons (Fsp3) is 0.412. The van der Waals surface area contributed by atoms with E-state index in [9.17, 15) is 4.79 Å². The molecule has 21 heavy (non-hydrogen) atoms. The van der Waals surface area contributed by atoms with E-state index in [4.69, 9.17) is 4.74 Å². The molecule has 1 aliphatic rings. The van der Waals surface area contributed by atoms with Gasteiger partial charge in [-0.15, -0.1) is 0 Å². The van der Waals surface area contributed by atoms with Crippen LogP contribution in [0.2, 0.25) is 0 Å². The molecule has 0 atom stereocenters. The first-order valence-electron chi connectivity index (χ1n) is 7.57. The second-order valence-electron chi connectivity index (χ2n) is 5.41. The number of hydrogen-bond donors (Lipinski definition) is 0. The minimum Gasteiger partial charge on any atom is -0.463 e. The van der Waals surface area contributed by atoms with Crippen LogP contribution in [0.25, 0.3) is 11.7 Å². The van der Waals surface area contributed by atoms with Crippen molar-refractivity contribution < 1.29 is 9.53 Å². The van der Waals surface area contributed by atoms with Gasteiger partial charge >= 0.3 is 5.97 Å². The van der Waals surface area contributed by atoms with Crippen LogP contribution < -0.4 is 0 Å². The first kappa shape index (κ1) is 13.9. The van der Waals surface area contributed by atoms with Gasteiger partial charge in [0.1, 0.15) is 5.65 Å². The highest BCUT2D eigenvalue weighted by atomic mass is 16.5. The van der Waals surface area contributed by atoms with Crippen LogP contribution >= 0.6 is 0 Å². The molecular formula is C17H20N2O2. The van der Waals surface area contributed by atoms with E-state index >= 15 is 0 Å². The molecule has 1 fully saturated rings. The largest absolute Gasteiger partial charge is 0.463 e. The van der Waals surface area contributed by atoms with E-state index in [1.165, 1.54) is 24.5 Å². The Morgan fingerprint density at radius 1 is 1.43 bits per heavy atom. The zero-order chi connectivity index (χ0) is 14.8. The van der Waals surface area contributed by atoms with Gasteiger partial charge in [0.2, 0.25) is 0 Å². The average Bonchev–Trinajstić information content (AvgIpc) is 3.24. The molecule has 2 aromatic rings. The molecule has 2 aromatic heterocycles. The molecule has 4 heteroatoms. The predicted octanol–water partition coefficient (Wildman–Crippen LogP) is 3.35. The molecule has 0 amide bonds. The maximum absolute atomic E-state index is 11.5. The highest BCUT2D eigenvalue weighted by molar-refractivity contribution is 5.88. The molecule has 1 saturated carbocycles. The Balaban J connectivity index is 2.01. The summed E-state index contributed by atoms with van der Waals surface area (Å²) in [6, 6.07) is 2.15. The van der Waals surface area contributed by atoms with Crippen molar-refractivity contribution in [2.75, 3.05) is 6.61 Å². The quantitative estimate of drug-likeness (QED) is 0.624. The topological polar surface area (TPSA) is 43.6 Å². The Labute approximate surface area is 124 Å². The van der Waals surface area contributed by atoms with Crippen LogP contribution in [0.5, 0.6) is 0 Å². The zero-order valence-electron chi connectivity index (χ0n) is 12.5. The van der Waals surface area contributed by atoms with Crippen LogP contribution in [0.15, 0.2) is 24.5 Å². The van der Waals surface area contributed by atoms with E-state index in [0.29, 0.717) is 12.5 Å². The van der Waals surface area contributed by atoms with Gasteiger partial charge < -0.3 is 9.14 Å². The molecule has 0 unspecified atom stereocenters. The third-order valence-corrected chi connectivity index (χ3v) is 3.75. The number of ether oxygens (including phenoxy) is 1. The molecule has 3 rings (SSSR count). The van der Waals surface area contributed by atoms with Crippen LogP contribution in [0.1, 0.15) is 49.4 Å². The number of aromatic nitrogens is 2. The maximum atomic E-state index is 11.5. The van der Waals surface area contributed by atoms with Gasteiger partial charge in [0.05, 0.1) is 12.3 Å². The summed E-state index contributed by atoms with van der Waals surface area (Å²) in [4.78, 5) is 16.1. The fourth-order valence-electron chi connectivity index (χ4n) is 2.48. The van der Waals surface area contributed by atoms with Crippen LogP contribution in [-0.2, 0) is 16.0 Å². The van der Waals surface area contributed by atoms with Gasteiger partial charge in [0.25, 0.3) is 0 Å². The Kier molecular flexibility index (Phi) is 3.78. The number of nitrogens with zero attached hydrogens (tertiary/aromatic N) is 2. The lowest BCUT2D eigenvalue weighted by molar-refractivity contribution is -0.137. The van der Waals surface area contributed by atoms with Crippen molar-refractivity contribution in [3.63, 3.8) is 0 Å². The summed E-state index contributed by atoms with van der Waals surface area (Å²) >= 11 is 0. The van der Waals surface area contributed by atoms with Crippen molar-refractivity contribution in [2.24, 2.45) is 0 Å². The van der Waals surface area contributed by atoms with Gasteiger partial charge in [-0.25, -0.2) is 9.78 Å². The molecule has 0 bridgehead atoms.